The maximum atomic E-state index is 10.7. The van der Waals surface area contributed by atoms with E-state index in [1.807, 2.05) is 6.92 Å². The van der Waals surface area contributed by atoms with Gasteiger partial charge in [-0.05, 0) is 13.8 Å². The molecule has 1 atom stereocenters. The van der Waals surface area contributed by atoms with Crippen molar-refractivity contribution in [2.24, 2.45) is 5.73 Å². The van der Waals surface area contributed by atoms with Crippen molar-refractivity contribution in [2.45, 2.75) is 20.0 Å². The Hall–Kier alpha value is -0.610. The Labute approximate surface area is 60.7 Å². The molecule has 0 fully saturated rings. The van der Waals surface area contributed by atoms with Crippen LogP contribution in [0.5, 0.6) is 0 Å². The molecule has 0 heterocycles. The minimum Gasteiger partial charge on any atom is -0.372 e. The number of ether oxygens (including phenoxy) is 1. The number of amides is 1. The molecule has 60 valence electrons. The van der Waals surface area contributed by atoms with Crippen LogP contribution in [0.4, 0.5) is 0 Å². The molecule has 0 aromatic heterocycles. The lowest BCUT2D eigenvalue weighted by Crippen LogP contribution is -2.40. The van der Waals surface area contributed by atoms with E-state index in [4.69, 9.17) is 10.5 Å². The van der Waals surface area contributed by atoms with E-state index in [0.717, 1.165) is 0 Å². The standard InChI is InChI=1S/C6H14N2O2/c1-3-10-4-6(9)8-5(2)7/h5H,3-4,7H2,1-2H3,(H,8,9). The zero-order chi connectivity index (χ0) is 7.98. The van der Waals surface area contributed by atoms with Crippen LogP contribution in [0.15, 0.2) is 0 Å². The highest BCUT2D eigenvalue weighted by atomic mass is 16.5. The summed E-state index contributed by atoms with van der Waals surface area (Å²) in [4.78, 5) is 10.7. The fourth-order valence-corrected chi connectivity index (χ4v) is 0.490. The molecule has 10 heavy (non-hydrogen) atoms. The number of rotatable bonds is 4. The van der Waals surface area contributed by atoms with E-state index in [0.29, 0.717) is 6.61 Å². The first kappa shape index (κ1) is 9.39. The minimum atomic E-state index is -0.298. The van der Waals surface area contributed by atoms with E-state index in [1.54, 1.807) is 6.92 Å². The zero-order valence-electron chi connectivity index (χ0n) is 6.39. The van der Waals surface area contributed by atoms with Gasteiger partial charge in [0.1, 0.15) is 6.61 Å². The number of hydrogen-bond acceptors (Lipinski definition) is 3. The van der Waals surface area contributed by atoms with Gasteiger partial charge in [-0.3, -0.25) is 4.79 Å². The molecule has 0 radical (unpaired) electrons. The molecule has 0 saturated heterocycles. The van der Waals surface area contributed by atoms with Gasteiger partial charge in [0.2, 0.25) is 5.91 Å². The van der Waals surface area contributed by atoms with Crippen LogP contribution in [-0.4, -0.2) is 25.3 Å². The predicted molar refractivity (Wildman–Crippen MR) is 38.3 cm³/mol. The van der Waals surface area contributed by atoms with Gasteiger partial charge < -0.3 is 15.8 Å². The second kappa shape index (κ2) is 5.20. The molecule has 0 bridgehead atoms. The third-order valence-corrected chi connectivity index (χ3v) is 0.826. The van der Waals surface area contributed by atoms with Crippen molar-refractivity contribution >= 4 is 5.91 Å². The molecule has 0 aliphatic heterocycles. The minimum absolute atomic E-state index is 0.0953. The molecule has 0 aliphatic rings. The van der Waals surface area contributed by atoms with E-state index in [1.165, 1.54) is 0 Å². The van der Waals surface area contributed by atoms with Gasteiger partial charge in [-0.2, -0.15) is 0 Å². The zero-order valence-corrected chi connectivity index (χ0v) is 6.39. The van der Waals surface area contributed by atoms with Crippen LogP contribution in [0, 0.1) is 0 Å². The fourth-order valence-electron chi connectivity index (χ4n) is 0.490. The molecule has 1 unspecified atom stereocenters. The first-order valence-corrected chi connectivity index (χ1v) is 3.29. The molecule has 0 aromatic rings. The van der Waals surface area contributed by atoms with Crippen molar-refractivity contribution in [1.29, 1.82) is 0 Å². The van der Waals surface area contributed by atoms with Gasteiger partial charge in [0.15, 0.2) is 0 Å². The molecule has 0 aliphatic carbocycles. The molecule has 4 heteroatoms. The first-order valence-electron chi connectivity index (χ1n) is 3.29. The van der Waals surface area contributed by atoms with Crippen LogP contribution in [0.1, 0.15) is 13.8 Å². The Morgan fingerprint density at radius 1 is 1.80 bits per heavy atom. The summed E-state index contributed by atoms with van der Waals surface area (Å²) in [5.41, 5.74) is 5.28. The summed E-state index contributed by atoms with van der Waals surface area (Å²) in [6, 6.07) is 0. The van der Waals surface area contributed by atoms with Gasteiger partial charge >= 0.3 is 0 Å². The first-order chi connectivity index (χ1) is 4.66. The van der Waals surface area contributed by atoms with Crippen molar-refractivity contribution in [3.8, 4) is 0 Å². The molecule has 0 rings (SSSR count). The topological polar surface area (TPSA) is 64.3 Å². The van der Waals surface area contributed by atoms with Gasteiger partial charge in [-0.25, -0.2) is 0 Å². The van der Waals surface area contributed by atoms with Gasteiger partial charge in [0.05, 0.1) is 6.17 Å². The maximum Gasteiger partial charge on any atom is 0.247 e. The number of carbonyl (C=O) groups excluding carboxylic acids is 1. The fraction of sp³-hybridized carbons (Fsp3) is 0.833. The Morgan fingerprint density at radius 2 is 2.40 bits per heavy atom. The average molecular weight is 146 g/mol. The number of nitrogens with one attached hydrogen (secondary N) is 1. The van der Waals surface area contributed by atoms with Crippen molar-refractivity contribution in [2.75, 3.05) is 13.2 Å². The molecule has 0 spiro atoms. The summed E-state index contributed by atoms with van der Waals surface area (Å²) < 4.78 is 4.83. The van der Waals surface area contributed by atoms with Crippen LogP contribution in [0.25, 0.3) is 0 Å². The summed E-state index contributed by atoms with van der Waals surface area (Å²) in [5, 5.41) is 2.49. The highest BCUT2D eigenvalue weighted by molar-refractivity contribution is 5.77. The lowest BCUT2D eigenvalue weighted by Gasteiger charge is -2.07. The van der Waals surface area contributed by atoms with Crippen molar-refractivity contribution < 1.29 is 9.53 Å². The molecule has 1 amide bonds. The monoisotopic (exact) mass is 146 g/mol. The SMILES string of the molecule is CCOCC(=O)NC(C)N. The van der Waals surface area contributed by atoms with Gasteiger partial charge in [-0.1, -0.05) is 0 Å². The van der Waals surface area contributed by atoms with Gasteiger partial charge in [0.25, 0.3) is 0 Å². The molecular weight excluding hydrogens is 132 g/mol. The van der Waals surface area contributed by atoms with Gasteiger partial charge in [-0.15, -0.1) is 0 Å². The van der Waals surface area contributed by atoms with Crippen molar-refractivity contribution in [3.63, 3.8) is 0 Å². The Morgan fingerprint density at radius 3 is 2.80 bits per heavy atom. The Balaban J connectivity index is 3.26. The van der Waals surface area contributed by atoms with E-state index < -0.39 is 0 Å². The number of hydrogen-bond donors (Lipinski definition) is 2. The largest absolute Gasteiger partial charge is 0.372 e. The third-order valence-electron chi connectivity index (χ3n) is 0.826. The second-order valence-electron chi connectivity index (χ2n) is 1.99. The lowest BCUT2D eigenvalue weighted by molar-refractivity contribution is -0.126. The number of nitrogens with two attached hydrogens (primary N) is 1. The summed E-state index contributed by atoms with van der Waals surface area (Å²) in [7, 11) is 0. The average Bonchev–Trinajstić information content (AvgIpc) is 1.82. The number of carbonyl (C=O) groups is 1. The molecule has 0 saturated carbocycles. The third kappa shape index (κ3) is 5.53. The van der Waals surface area contributed by atoms with E-state index in [-0.39, 0.29) is 18.7 Å². The summed E-state index contributed by atoms with van der Waals surface area (Å²) >= 11 is 0. The predicted octanol–water partition coefficient (Wildman–Crippen LogP) is -0.556. The summed E-state index contributed by atoms with van der Waals surface area (Å²) in [6.45, 7) is 4.17. The quantitative estimate of drug-likeness (QED) is 0.523. The van der Waals surface area contributed by atoms with E-state index in [9.17, 15) is 4.79 Å². The van der Waals surface area contributed by atoms with Gasteiger partial charge in [0, 0.05) is 6.61 Å². The molecule has 3 N–H and O–H groups in total. The van der Waals surface area contributed by atoms with Crippen LogP contribution >= 0.6 is 0 Å². The smallest absolute Gasteiger partial charge is 0.247 e. The highest BCUT2D eigenvalue weighted by Crippen LogP contribution is 1.74. The summed E-state index contributed by atoms with van der Waals surface area (Å²) in [6.07, 6.45) is -0.298. The lowest BCUT2D eigenvalue weighted by atomic mass is 10.5. The molecule has 4 nitrogen and oxygen atoms in total. The molecule has 0 aromatic carbocycles. The normalized spacial score (nSPS) is 12.7. The molecular formula is C6H14N2O2. The Bertz CT molecular complexity index is 104. The van der Waals surface area contributed by atoms with Crippen molar-refractivity contribution in [1.82, 2.24) is 5.32 Å². The van der Waals surface area contributed by atoms with E-state index in [2.05, 4.69) is 5.32 Å². The van der Waals surface area contributed by atoms with Crippen LogP contribution in [0.3, 0.4) is 0 Å². The van der Waals surface area contributed by atoms with E-state index >= 15 is 0 Å². The van der Waals surface area contributed by atoms with Crippen LogP contribution in [-0.2, 0) is 9.53 Å². The highest BCUT2D eigenvalue weighted by Gasteiger charge is 2.00. The summed E-state index contributed by atoms with van der Waals surface area (Å²) in [5.74, 6) is -0.170. The van der Waals surface area contributed by atoms with Crippen molar-refractivity contribution in [3.05, 3.63) is 0 Å². The van der Waals surface area contributed by atoms with Crippen LogP contribution in [0.2, 0.25) is 0 Å². The maximum absolute atomic E-state index is 10.7. The Kier molecular flexibility index (Phi) is 4.88. The second-order valence-corrected chi connectivity index (χ2v) is 1.99. The van der Waals surface area contributed by atoms with Crippen LogP contribution < -0.4 is 11.1 Å².